The summed E-state index contributed by atoms with van der Waals surface area (Å²) in [5.41, 5.74) is 2.73. The molecule has 1 unspecified atom stereocenters. The van der Waals surface area contributed by atoms with Crippen LogP contribution in [0.25, 0.3) is 6.08 Å². The second-order valence-corrected chi connectivity index (χ2v) is 12.4. The number of benzene rings is 5. The molecule has 0 aromatic heterocycles. The number of hydrogen-bond acceptors (Lipinski definition) is 8. The van der Waals surface area contributed by atoms with Crippen molar-refractivity contribution in [1.29, 1.82) is 0 Å². The van der Waals surface area contributed by atoms with E-state index in [9.17, 15) is 14.4 Å². The highest BCUT2D eigenvalue weighted by atomic mass is 32.2. The van der Waals surface area contributed by atoms with Gasteiger partial charge in [-0.3, -0.25) is 14.4 Å². The molecule has 1 aliphatic rings. The fourth-order valence-electron chi connectivity index (χ4n) is 5.26. The van der Waals surface area contributed by atoms with Crippen molar-refractivity contribution in [2.45, 2.75) is 10.1 Å². The normalized spacial score (nSPS) is 12.6. The van der Waals surface area contributed by atoms with E-state index < -0.39 is 17.1 Å². The molecule has 1 aliphatic heterocycles. The predicted octanol–water partition coefficient (Wildman–Crippen LogP) is 7.36. The third-order valence-electron chi connectivity index (χ3n) is 7.76. The quantitative estimate of drug-likeness (QED) is 0.0911. The lowest BCUT2D eigenvalue weighted by Gasteiger charge is -2.20. The number of carbonyl (C=O) groups excluding carboxylic acids is 3. The van der Waals surface area contributed by atoms with Gasteiger partial charge in [0.2, 0.25) is 5.91 Å². The SMILES string of the molecule is COc1ccc(OC)c(/C=C(/NC(=O)c2ccccc2)C(=O)Nc2cccc(SC(C(=O)Nc3ccc4c(c3)OCCO4)c3ccccc3)c2)c1. The van der Waals surface area contributed by atoms with Gasteiger partial charge in [0.05, 0.1) is 14.2 Å². The number of hydrogen-bond donors (Lipinski definition) is 3. The van der Waals surface area contributed by atoms with Crippen LogP contribution in [0.5, 0.6) is 23.0 Å². The zero-order valence-electron chi connectivity index (χ0n) is 27.9. The Hall–Kier alpha value is -6.20. The summed E-state index contributed by atoms with van der Waals surface area (Å²) in [5.74, 6) is 0.970. The van der Waals surface area contributed by atoms with Crippen LogP contribution in [-0.2, 0) is 9.59 Å². The summed E-state index contributed by atoms with van der Waals surface area (Å²) < 4.78 is 22.2. The van der Waals surface area contributed by atoms with E-state index in [0.29, 0.717) is 58.7 Å². The molecule has 258 valence electrons. The molecule has 0 spiro atoms. The molecule has 0 aliphatic carbocycles. The molecule has 0 bridgehead atoms. The number of anilines is 2. The molecule has 5 aromatic rings. The lowest BCUT2D eigenvalue weighted by atomic mass is 10.1. The monoisotopic (exact) mass is 701 g/mol. The third kappa shape index (κ3) is 8.89. The van der Waals surface area contributed by atoms with Crippen molar-refractivity contribution in [3.05, 3.63) is 144 Å². The van der Waals surface area contributed by atoms with Gasteiger partial charge in [-0.2, -0.15) is 0 Å². The number of nitrogens with one attached hydrogen (secondary N) is 3. The van der Waals surface area contributed by atoms with Crippen LogP contribution in [-0.4, -0.2) is 45.2 Å². The maximum atomic E-state index is 13.9. The summed E-state index contributed by atoms with van der Waals surface area (Å²) in [4.78, 5) is 41.6. The van der Waals surface area contributed by atoms with Gasteiger partial charge in [-0.05, 0) is 72.3 Å². The number of amides is 3. The average Bonchev–Trinajstić information content (AvgIpc) is 3.17. The van der Waals surface area contributed by atoms with Crippen LogP contribution in [0.3, 0.4) is 0 Å². The van der Waals surface area contributed by atoms with E-state index in [1.54, 1.807) is 84.9 Å². The molecule has 10 nitrogen and oxygen atoms in total. The first-order valence-electron chi connectivity index (χ1n) is 16.0. The van der Waals surface area contributed by atoms with Gasteiger partial charge < -0.3 is 34.9 Å². The largest absolute Gasteiger partial charge is 0.497 e. The number of ether oxygens (including phenoxy) is 4. The van der Waals surface area contributed by atoms with Crippen LogP contribution in [0.15, 0.2) is 132 Å². The fraction of sp³-hybridized carbons (Fsp3) is 0.125. The molecular formula is C40H35N3O7S. The summed E-state index contributed by atoms with van der Waals surface area (Å²) in [6.45, 7) is 0.910. The maximum Gasteiger partial charge on any atom is 0.272 e. The van der Waals surface area contributed by atoms with Crippen molar-refractivity contribution in [2.75, 3.05) is 38.1 Å². The molecule has 11 heteroatoms. The first-order chi connectivity index (χ1) is 24.9. The molecule has 5 aromatic carbocycles. The summed E-state index contributed by atoms with van der Waals surface area (Å²) in [6.07, 6.45) is 1.53. The molecule has 3 N–H and O–H groups in total. The predicted molar refractivity (Wildman–Crippen MR) is 198 cm³/mol. The van der Waals surface area contributed by atoms with Crippen molar-refractivity contribution in [1.82, 2.24) is 5.32 Å². The van der Waals surface area contributed by atoms with Crippen molar-refractivity contribution in [2.24, 2.45) is 0 Å². The zero-order chi connectivity index (χ0) is 35.6. The second-order valence-electron chi connectivity index (χ2n) is 11.2. The Morgan fingerprint density at radius 2 is 1.45 bits per heavy atom. The van der Waals surface area contributed by atoms with Crippen molar-refractivity contribution in [3.63, 3.8) is 0 Å². The first-order valence-corrected chi connectivity index (χ1v) is 16.9. The first kappa shape index (κ1) is 34.7. The van der Waals surface area contributed by atoms with Crippen LogP contribution >= 0.6 is 11.8 Å². The fourth-order valence-corrected chi connectivity index (χ4v) is 6.34. The number of thioether (sulfide) groups is 1. The molecule has 3 amide bonds. The summed E-state index contributed by atoms with van der Waals surface area (Å²) in [7, 11) is 3.05. The zero-order valence-corrected chi connectivity index (χ0v) is 28.7. The molecule has 0 saturated heterocycles. The highest BCUT2D eigenvalue weighted by Gasteiger charge is 2.24. The molecule has 51 heavy (non-hydrogen) atoms. The van der Waals surface area contributed by atoms with Gasteiger partial charge in [0.25, 0.3) is 11.8 Å². The van der Waals surface area contributed by atoms with E-state index in [-0.39, 0.29) is 11.6 Å². The van der Waals surface area contributed by atoms with Crippen LogP contribution in [0.1, 0.15) is 26.7 Å². The number of carbonyl (C=O) groups is 3. The van der Waals surface area contributed by atoms with Crippen molar-refractivity contribution in [3.8, 4) is 23.0 Å². The van der Waals surface area contributed by atoms with Gasteiger partial charge in [0.15, 0.2) is 11.5 Å². The molecular weight excluding hydrogens is 667 g/mol. The Morgan fingerprint density at radius 3 is 2.20 bits per heavy atom. The van der Waals surface area contributed by atoms with Gasteiger partial charge in [-0.1, -0.05) is 54.6 Å². The molecule has 0 radical (unpaired) electrons. The number of methoxy groups -OCH3 is 2. The van der Waals surface area contributed by atoms with Gasteiger partial charge >= 0.3 is 0 Å². The molecule has 6 rings (SSSR count). The topological polar surface area (TPSA) is 124 Å². The van der Waals surface area contributed by atoms with E-state index in [4.69, 9.17) is 18.9 Å². The minimum absolute atomic E-state index is 0.0190. The van der Waals surface area contributed by atoms with E-state index in [0.717, 1.165) is 10.5 Å². The molecule has 0 saturated carbocycles. The van der Waals surface area contributed by atoms with E-state index in [1.807, 2.05) is 36.4 Å². The van der Waals surface area contributed by atoms with Crippen LogP contribution in [0, 0.1) is 0 Å². The Bertz CT molecular complexity index is 2050. The Kier molecular flexibility index (Phi) is 11.2. The number of fused-ring (bicyclic) bond motifs is 1. The lowest BCUT2D eigenvalue weighted by Crippen LogP contribution is -2.30. The van der Waals surface area contributed by atoms with Crippen LogP contribution < -0.4 is 34.9 Å². The van der Waals surface area contributed by atoms with Gasteiger partial charge in [0.1, 0.15) is 35.7 Å². The lowest BCUT2D eigenvalue weighted by molar-refractivity contribution is -0.116. The van der Waals surface area contributed by atoms with Gasteiger partial charge in [0, 0.05) is 33.5 Å². The van der Waals surface area contributed by atoms with E-state index in [1.165, 1.54) is 32.1 Å². The minimum Gasteiger partial charge on any atom is -0.497 e. The molecule has 0 fully saturated rings. The smallest absolute Gasteiger partial charge is 0.272 e. The van der Waals surface area contributed by atoms with Crippen molar-refractivity contribution >= 4 is 46.9 Å². The summed E-state index contributed by atoms with van der Waals surface area (Å²) in [6, 6.07) is 35.7. The second kappa shape index (κ2) is 16.5. The minimum atomic E-state index is -0.633. The molecule has 1 heterocycles. The standard InChI is InChI=1S/C40H35N3O7S/c1-47-31-17-19-34(48-2)28(22-31)23-33(43-38(44)27-12-7-4-8-13-27)39(45)41-29-14-9-15-32(24-29)51-37(26-10-5-3-6-11-26)40(46)42-30-16-18-35-36(25-30)50-21-20-49-35/h3-19,22-25,37H,20-21H2,1-2H3,(H,41,45)(H,42,46)(H,43,44)/b33-23+. The summed E-state index contributed by atoms with van der Waals surface area (Å²) in [5, 5.41) is 8.04. The maximum absolute atomic E-state index is 13.9. The van der Waals surface area contributed by atoms with Crippen LogP contribution in [0.2, 0.25) is 0 Å². The van der Waals surface area contributed by atoms with Crippen molar-refractivity contribution < 1.29 is 33.3 Å². The Balaban J connectivity index is 1.25. The Morgan fingerprint density at radius 1 is 0.725 bits per heavy atom. The summed E-state index contributed by atoms with van der Waals surface area (Å²) >= 11 is 1.33. The third-order valence-corrected chi connectivity index (χ3v) is 9.01. The van der Waals surface area contributed by atoms with Crippen LogP contribution in [0.4, 0.5) is 11.4 Å². The van der Waals surface area contributed by atoms with E-state index in [2.05, 4.69) is 16.0 Å². The number of rotatable bonds is 12. The highest BCUT2D eigenvalue weighted by Crippen LogP contribution is 2.38. The Labute approximate surface area is 299 Å². The highest BCUT2D eigenvalue weighted by molar-refractivity contribution is 8.00. The van der Waals surface area contributed by atoms with Gasteiger partial charge in [-0.15, -0.1) is 11.8 Å². The van der Waals surface area contributed by atoms with E-state index >= 15 is 0 Å². The average molecular weight is 702 g/mol. The molecule has 1 atom stereocenters. The van der Waals surface area contributed by atoms with Gasteiger partial charge in [-0.25, -0.2) is 0 Å².